The molecule has 1 heterocycles. The van der Waals surface area contributed by atoms with Gasteiger partial charge < -0.3 is 9.64 Å². The number of para-hydroxylation sites is 1. The Balaban J connectivity index is 2.30. The van der Waals surface area contributed by atoms with Gasteiger partial charge in [0.05, 0.1) is 12.6 Å². The number of hydrogen-bond donors (Lipinski definition) is 1. The first-order chi connectivity index (χ1) is 10.7. The Morgan fingerprint density at radius 2 is 2.13 bits per heavy atom. The first-order valence-electron chi connectivity index (χ1n) is 7.37. The van der Waals surface area contributed by atoms with Crippen molar-refractivity contribution in [1.82, 2.24) is 9.62 Å². The maximum absolute atomic E-state index is 13.9. The largest absolute Gasteiger partial charge is 0.490 e. The number of ether oxygens (including phenoxy) is 1. The van der Waals surface area contributed by atoms with E-state index in [1.807, 2.05) is 0 Å². The molecular formula is C15H21FN2O4S. The number of fused-ring (bicyclic) bond motifs is 1. The number of halogens is 1. The summed E-state index contributed by atoms with van der Waals surface area (Å²) in [6.45, 7) is 1.66. The second kappa shape index (κ2) is 6.84. The molecule has 1 N–H and O–H groups in total. The quantitative estimate of drug-likeness (QED) is 0.897. The molecule has 0 aromatic heterocycles. The average molecular weight is 344 g/mol. The van der Waals surface area contributed by atoms with Crippen LogP contribution in [-0.2, 0) is 14.8 Å². The van der Waals surface area contributed by atoms with Crippen molar-refractivity contribution in [2.45, 2.75) is 31.1 Å². The van der Waals surface area contributed by atoms with Crippen LogP contribution in [0.15, 0.2) is 18.2 Å². The van der Waals surface area contributed by atoms with Crippen molar-refractivity contribution in [1.29, 1.82) is 0 Å². The van der Waals surface area contributed by atoms with Crippen LogP contribution in [0.25, 0.3) is 0 Å². The summed E-state index contributed by atoms with van der Waals surface area (Å²) >= 11 is 0. The fraction of sp³-hybridized carbons (Fsp3) is 0.533. The van der Waals surface area contributed by atoms with Crippen LogP contribution < -0.4 is 9.46 Å². The second-order valence-electron chi connectivity index (χ2n) is 5.74. The van der Waals surface area contributed by atoms with Crippen LogP contribution in [0.5, 0.6) is 5.75 Å². The van der Waals surface area contributed by atoms with Crippen LogP contribution in [0.4, 0.5) is 4.39 Å². The van der Waals surface area contributed by atoms with Crippen molar-refractivity contribution in [3.63, 3.8) is 0 Å². The third-order valence-corrected chi connectivity index (χ3v) is 5.56. The van der Waals surface area contributed by atoms with E-state index in [-0.39, 0.29) is 5.75 Å². The second-order valence-corrected chi connectivity index (χ2v) is 7.77. The summed E-state index contributed by atoms with van der Waals surface area (Å²) in [6.07, 6.45) is 1.05. The van der Waals surface area contributed by atoms with E-state index in [2.05, 4.69) is 4.72 Å². The summed E-state index contributed by atoms with van der Waals surface area (Å²) in [5.74, 6) is -0.961. The first kappa shape index (κ1) is 17.7. The lowest BCUT2D eigenvalue weighted by atomic mass is 10.0. The summed E-state index contributed by atoms with van der Waals surface area (Å²) in [7, 11) is -0.898. The number of carbonyl (C=O) groups excluding carboxylic acids is 1. The molecule has 0 saturated carbocycles. The highest BCUT2D eigenvalue weighted by Gasteiger charge is 2.33. The summed E-state index contributed by atoms with van der Waals surface area (Å²) < 4.78 is 46.7. The summed E-state index contributed by atoms with van der Waals surface area (Å²) in [5, 5.41) is -1.22. The zero-order chi connectivity index (χ0) is 17.2. The minimum absolute atomic E-state index is 0.0734. The number of benzene rings is 1. The predicted molar refractivity (Wildman–Crippen MR) is 84.1 cm³/mol. The van der Waals surface area contributed by atoms with Crippen LogP contribution >= 0.6 is 0 Å². The third kappa shape index (κ3) is 3.81. The lowest BCUT2D eigenvalue weighted by molar-refractivity contribution is -0.127. The van der Waals surface area contributed by atoms with Gasteiger partial charge in [0.2, 0.25) is 15.9 Å². The van der Waals surface area contributed by atoms with Gasteiger partial charge in [-0.25, -0.2) is 17.5 Å². The normalized spacial score (nSPS) is 19.2. The standard InChI is InChI=1S/C15H21FN2O4S/c1-10(15(19)18(2)3)23(20,21)17-13-8-5-9-22-14-11(13)6-4-7-12(14)16/h4,6-7,10,13,17H,5,8-9H2,1-3H3/t10-,13-/m1/s1. The van der Waals surface area contributed by atoms with Gasteiger partial charge in [0.15, 0.2) is 16.8 Å². The SMILES string of the molecule is C[C@H](C(=O)N(C)C)S(=O)(=O)N[C@@H]1CCCOc2c(F)cccc21. The van der Waals surface area contributed by atoms with Gasteiger partial charge in [-0.05, 0) is 25.8 Å². The minimum Gasteiger partial charge on any atom is -0.490 e. The van der Waals surface area contributed by atoms with Gasteiger partial charge in [-0.15, -0.1) is 0 Å². The molecule has 0 unspecified atom stereocenters. The zero-order valence-electron chi connectivity index (χ0n) is 13.4. The first-order valence-corrected chi connectivity index (χ1v) is 8.92. The van der Waals surface area contributed by atoms with E-state index >= 15 is 0 Å². The molecule has 0 fully saturated rings. The lowest BCUT2D eigenvalue weighted by Gasteiger charge is -2.22. The Morgan fingerprint density at radius 1 is 1.43 bits per heavy atom. The monoisotopic (exact) mass is 344 g/mol. The van der Waals surface area contributed by atoms with Crippen molar-refractivity contribution in [3.8, 4) is 5.75 Å². The van der Waals surface area contributed by atoms with Gasteiger partial charge in [-0.3, -0.25) is 4.79 Å². The topological polar surface area (TPSA) is 75.7 Å². The fourth-order valence-corrected chi connectivity index (χ4v) is 3.81. The Labute approximate surface area is 135 Å². The minimum atomic E-state index is -3.90. The van der Waals surface area contributed by atoms with E-state index < -0.39 is 33.0 Å². The molecule has 1 aromatic carbocycles. The van der Waals surface area contributed by atoms with Crippen LogP contribution in [-0.4, -0.2) is 45.2 Å². The number of nitrogens with one attached hydrogen (secondary N) is 1. The molecule has 128 valence electrons. The highest BCUT2D eigenvalue weighted by molar-refractivity contribution is 7.90. The van der Waals surface area contributed by atoms with E-state index in [4.69, 9.17) is 4.74 Å². The molecule has 1 amide bonds. The third-order valence-electron chi connectivity index (χ3n) is 3.82. The molecule has 0 spiro atoms. The molecule has 6 nitrogen and oxygen atoms in total. The van der Waals surface area contributed by atoms with Crippen molar-refractivity contribution < 1.29 is 22.3 Å². The number of sulfonamides is 1. The van der Waals surface area contributed by atoms with Gasteiger partial charge in [0.1, 0.15) is 0 Å². The highest BCUT2D eigenvalue weighted by atomic mass is 32.2. The van der Waals surface area contributed by atoms with Crippen molar-refractivity contribution in [2.24, 2.45) is 0 Å². The Bertz CT molecular complexity index is 691. The number of hydrogen-bond acceptors (Lipinski definition) is 4. The van der Waals surface area contributed by atoms with E-state index in [1.54, 1.807) is 6.07 Å². The molecule has 23 heavy (non-hydrogen) atoms. The summed E-state index contributed by atoms with van der Waals surface area (Å²) in [5.41, 5.74) is 0.454. The molecule has 1 aliphatic rings. The van der Waals surface area contributed by atoms with Crippen molar-refractivity contribution >= 4 is 15.9 Å². The van der Waals surface area contributed by atoms with Gasteiger partial charge in [0.25, 0.3) is 0 Å². The number of rotatable bonds is 4. The Hall–Kier alpha value is -1.67. The summed E-state index contributed by atoms with van der Waals surface area (Å²) in [4.78, 5) is 13.2. The molecule has 0 aliphatic carbocycles. The smallest absolute Gasteiger partial charge is 0.241 e. The van der Waals surface area contributed by atoms with E-state index in [9.17, 15) is 17.6 Å². The maximum Gasteiger partial charge on any atom is 0.241 e. The average Bonchev–Trinajstić information content (AvgIpc) is 2.69. The summed E-state index contributed by atoms with van der Waals surface area (Å²) in [6, 6.07) is 3.80. The van der Waals surface area contributed by atoms with Crippen molar-refractivity contribution in [2.75, 3.05) is 20.7 Å². The van der Waals surface area contributed by atoms with Crippen LogP contribution in [0, 0.1) is 5.82 Å². The molecule has 0 radical (unpaired) electrons. The molecule has 0 bridgehead atoms. The number of nitrogens with zero attached hydrogens (tertiary/aromatic N) is 1. The van der Waals surface area contributed by atoms with Crippen LogP contribution in [0.1, 0.15) is 31.4 Å². The zero-order valence-corrected chi connectivity index (χ0v) is 14.2. The van der Waals surface area contributed by atoms with E-state index in [0.717, 1.165) is 0 Å². The van der Waals surface area contributed by atoms with Crippen LogP contribution in [0.2, 0.25) is 0 Å². The molecule has 0 saturated heterocycles. The molecular weight excluding hydrogens is 323 g/mol. The number of amides is 1. The highest BCUT2D eigenvalue weighted by Crippen LogP contribution is 2.34. The van der Waals surface area contributed by atoms with Gasteiger partial charge in [-0.2, -0.15) is 0 Å². The number of carbonyl (C=O) groups is 1. The Kier molecular flexibility index (Phi) is 5.26. The van der Waals surface area contributed by atoms with Gasteiger partial charge in [0, 0.05) is 19.7 Å². The predicted octanol–water partition coefficient (Wildman–Crippen LogP) is 1.44. The lowest BCUT2D eigenvalue weighted by Crippen LogP contribution is -2.44. The Morgan fingerprint density at radius 3 is 2.78 bits per heavy atom. The van der Waals surface area contributed by atoms with Gasteiger partial charge in [-0.1, -0.05) is 12.1 Å². The molecule has 1 aromatic rings. The van der Waals surface area contributed by atoms with Crippen molar-refractivity contribution in [3.05, 3.63) is 29.6 Å². The van der Waals surface area contributed by atoms with E-state index in [0.29, 0.717) is 25.0 Å². The van der Waals surface area contributed by atoms with E-state index in [1.165, 1.54) is 38.1 Å². The molecule has 2 atom stereocenters. The van der Waals surface area contributed by atoms with Gasteiger partial charge >= 0.3 is 0 Å². The molecule has 1 aliphatic heterocycles. The molecule has 8 heteroatoms. The molecule has 2 rings (SSSR count). The van der Waals surface area contributed by atoms with Crippen LogP contribution in [0.3, 0.4) is 0 Å². The maximum atomic E-state index is 13.9. The fourth-order valence-electron chi connectivity index (χ4n) is 2.49.